The number of esters is 1. The van der Waals surface area contributed by atoms with E-state index in [1.165, 1.54) is 25.6 Å². The van der Waals surface area contributed by atoms with Crippen LogP contribution in [0.2, 0.25) is 0 Å². The number of aromatic nitrogens is 2. The summed E-state index contributed by atoms with van der Waals surface area (Å²) >= 11 is 1.09. The largest absolute Gasteiger partial charge is 0.462 e. The van der Waals surface area contributed by atoms with Crippen LogP contribution in [0.1, 0.15) is 60.7 Å². The third kappa shape index (κ3) is 4.05. The van der Waals surface area contributed by atoms with E-state index in [0.717, 1.165) is 35.2 Å². The van der Waals surface area contributed by atoms with Crippen LogP contribution in [0.5, 0.6) is 0 Å². The normalized spacial score (nSPS) is 27.5. The molecule has 4 saturated carbocycles. The highest BCUT2D eigenvalue weighted by atomic mass is 32.1. The van der Waals surface area contributed by atoms with Crippen molar-refractivity contribution >= 4 is 39.5 Å². The fraction of sp³-hybridized carbons (Fsp3) is 0.609. The fourth-order valence-electron chi connectivity index (χ4n) is 6.52. The Morgan fingerprint density at radius 3 is 2.42 bits per heavy atom. The molecule has 4 aliphatic rings. The predicted octanol–water partition coefficient (Wildman–Crippen LogP) is 2.74. The molecule has 0 spiro atoms. The van der Waals surface area contributed by atoms with Crippen LogP contribution in [0.4, 0.5) is 4.79 Å². The Balaban J connectivity index is 1.27. The Kier molecular flexibility index (Phi) is 5.50. The molecule has 3 amide bonds. The quantitative estimate of drug-likeness (QED) is 0.646. The first-order valence-corrected chi connectivity index (χ1v) is 12.4. The number of hydrogen-bond donors (Lipinski definition) is 2. The molecule has 33 heavy (non-hydrogen) atoms. The lowest BCUT2D eigenvalue weighted by molar-refractivity contribution is -0.120. The van der Waals surface area contributed by atoms with Crippen LogP contribution in [0, 0.1) is 24.7 Å². The lowest BCUT2D eigenvalue weighted by Crippen LogP contribution is -2.62. The molecule has 0 aromatic carbocycles. The lowest BCUT2D eigenvalue weighted by atomic mass is 9.53. The number of hydrogen-bond acceptors (Lipinski definition) is 7. The SMILES string of the molecule is CCOC(=O)c1sc2ncn(CC(=O)NC(=O)NC34CC5CC(CC(C5)C3)C4)c(=O)c2c1C. The molecule has 2 N–H and O–H groups in total. The van der Waals surface area contributed by atoms with Crippen molar-refractivity contribution in [3.05, 3.63) is 27.1 Å². The summed E-state index contributed by atoms with van der Waals surface area (Å²) in [4.78, 5) is 55.2. The zero-order valence-corrected chi connectivity index (χ0v) is 19.6. The van der Waals surface area contributed by atoms with E-state index in [-0.39, 0.29) is 24.1 Å². The van der Waals surface area contributed by atoms with Gasteiger partial charge in [-0.15, -0.1) is 11.3 Å². The van der Waals surface area contributed by atoms with E-state index in [0.29, 0.717) is 33.0 Å². The zero-order valence-electron chi connectivity index (χ0n) is 18.8. The van der Waals surface area contributed by atoms with E-state index in [1.54, 1.807) is 13.8 Å². The molecule has 4 fully saturated rings. The van der Waals surface area contributed by atoms with Gasteiger partial charge in [-0.2, -0.15) is 0 Å². The Bertz CT molecular complexity index is 1160. The molecule has 2 aromatic rings. The number of carbonyl (C=O) groups is 3. The molecular formula is C23H28N4O5S. The van der Waals surface area contributed by atoms with Crippen molar-refractivity contribution in [3.8, 4) is 0 Å². The number of urea groups is 1. The van der Waals surface area contributed by atoms with Gasteiger partial charge in [0.1, 0.15) is 16.3 Å². The number of ether oxygens (including phenoxy) is 1. The minimum atomic E-state index is -0.584. The van der Waals surface area contributed by atoms with Gasteiger partial charge < -0.3 is 10.1 Å². The molecule has 0 unspecified atom stereocenters. The molecule has 10 heteroatoms. The number of amides is 3. The molecule has 9 nitrogen and oxygen atoms in total. The Morgan fingerprint density at radius 1 is 1.18 bits per heavy atom. The number of nitrogens with zero attached hydrogens (tertiary/aromatic N) is 2. The maximum Gasteiger partial charge on any atom is 0.348 e. The first-order valence-electron chi connectivity index (χ1n) is 11.5. The zero-order chi connectivity index (χ0) is 23.3. The third-order valence-electron chi connectivity index (χ3n) is 7.36. The number of aryl methyl sites for hydroxylation is 1. The lowest BCUT2D eigenvalue weighted by Gasteiger charge is -2.56. The summed E-state index contributed by atoms with van der Waals surface area (Å²) in [6.45, 7) is 3.27. The minimum Gasteiger partial charge on any atom is -0.462 e. The van der Waals surface area contributed by atoms with Gasteiger partial charge in [-0.1, -0.05) is 0 Å². The van der Waals surface area contributed by atoms with E-state index in [2.05, 4.69) is 15.6 Å². The van der Waals surface area contributed by atoms with E-state index < -0.39 is 23.5 Å². The molecule has 176 valence electrons. The van der Waals surface area contributed by atoms with Crippen molar-refractivity contribution in [1.82, 2.24) is 20.2 Å². The monoisotopic (exact) mass is 472 g/mol. The summed E-state index contributed by atoms with van der Waals surface area (Å²) < 4.78 is 6.20. The molecular weight excluding hydrogens is 444 g/mol. The van der Waals surface area contributed by atoms with Crippen molar-refractivity contribution in [2.75, 3.05) is 6.61 Å². The second-order valence-electron chi connectivity index (χ2n) is 9.83. The smallest absolute Gasteiger partial charge is 0.348 e. The Morgan fingerprint density at radius 2 is 1.82 bits per heavy atom. The molecule has 0 aliphatic heterocycles. The third-order valence-corrected chi connectivity index (χ3v) is 8.54. The van der Waals surface area contributed by atoms with Crippen LogP contribution in [-0.4, -0.2) is 39.6 Å². The van der Waals surface area contributed by atoms with Crippen LogP contribution in [-0.2, 0) is 16.1 Å². The van der Waals surface area contributed by atoms with E-state index in [1.807, 2.05) is 0 Å². The van der Waals surface area contributed by atoms with Crippen molar-refractivity contribution in [2.45, 2.75) is 64.5 Å². The Labute approximate surface area is 194 Å². The second-order valence-corrected chi connectivity index (χ2v) is 10.8. The highest BCUT2D eigenvalue weighted by Gasteiger charge is 2.51. The summed E-state index contributed by atoms with van der Waals surface area (Å²) in [5.41, 5.74) is -0.144. The average Bonchev–Trinajstić information content (AvgIpc) is 3.06. The van der Waals surface area contributed by atoms with Gasteiger partial charge in [-0.05, 0) is 75.7 Å². The predicted molar refractivity (Wildman–Crippen MR) is 122 cm³/mol. The van der Waals surface area contributed by atoms with Gasteiger partial charge in [0.15, 0.2) is 0 Å². The van der Waals surface area contributed by atoms with Crippen LogP contribution >= 0.6 is 11.3 Å². The molecule has 0 atom stereocenters. The van der Waals surface area contributed by atoms with Crippen LogP contribution in [0.25, 0.3) is 10.2 Å². The number of nitrogens with one attached hydrogen (secondary N) is 2. The van der Waals surface area contributed by atoms with Crippen molar-refractivity contribution < 1.29 is 19.1 Å². The first-order chi connectivity index (χ1) is 15.8. The Hall–Kier alpha value is -2.75. The summed E-state index contributed by atoms with van der Waals surface area (Å²) in [6, 6.07) is -0.500. The van der Waals surface area contributed by atoms with Crippen molar-refractivity contribution in [1.29, 1.82) is 0 Å². The number of fused-ring (bicyclic) bond motifs is 1. The number of imide groups is 1. The van der Waals surface area contributed by atoms with E-state index in [4.69, 9.17) is 4.74 Å². The van der Waals surface area contributed by atoms with Crippen LogP contribution < -0.4 is 16.2 Å². The topological polar surface area (TPSA) is 119 Å². The van der Waals surface area contributed by atoms with Gasteiger partial charge >= 0.3 is 12.0 Å². The molecule has 4 bridgehead atoms. The summed E-state index contributed by atoms with van der Waals surface area (Å²) in [5, 5.41) is 5.77. The number of rotatable bonds is 5. The number of thiophene rings is 1. The average molecular weight is 473 g/mol. The molecule has 4 aliphatic carbocycles. The van der Waals surface area contributed by atoms with Gasteiger partial charge in [0, 0.05) is 5.54 Å². The molecule has 2 aromatic heterocycles. The highest BCUT2D eigenvalue weighted by molar-refractivity contribution is 7.20. The van der Waals surface area contributed by atoms with Crippen LogP contribution in [0.15, 0.2) is 11.1 Å². The van der Waals surface area contributed by atoms with Gasteiger partial charge in [-0.25, -0.2) is 14.6 Å². The van der Waals surface area contributed by atoms with Crippen molar-refractivity contribution in [3.63, 3.8) is 0 Å². The fourth-order valence-corrected chi connectivity index (χ4v) is 7.55. The molecule has 6 rings (SSSR count). The molecule has 2 heterocycles. The maximum atomic E-state index is 13.0. The van der Waals surface area contributed by atoms with E-state index in [9.17, 15) is 19.2 Å². The highest BCUT2D eigenvalue weighted by Crippen LogP contribution is 2.55. The minimum absolute atomic E-state index is 0.201. The van der Waals surface area contributed by atoms with Crippen LogP contribution in [0.3, 0.4) is 0 Å². The maximum absolute atomic E-state index is 13.0. The van der Waals surface area contributed by atoms with Crippen molar-refractivity contribution in [2.24, 2.45) is 17.8 Å². The standard InChI is InChI=1S/C23H28N4O5S/c1-3-32-21(30)18-12(2)17-19(33-18)24-11-27(20(17)29)10-16(28)25-22(31)26-23-7-13-4-14(8-23)6-15(5-13)9-23/h11,13-15H,3-10H2,1-2H3,(H2,25,26,28,31). The number of carbonyl (C=O) groups excluding carboxylic acids is 3. The molecule has 0 saturated heterocycles. The van der Waals surface area contributed by atoms with Gasteiger partial charge in [-0.3, -0.25) is 19.5 Å². The summed E-state index contributed by atoms with van der Waals surface area (Å²) in [7, 11) is 0. The van der Waals surface area contributed by atoms with Gasteiger partial charge in [0.25, 0.3) is 5.56 Å². The van der Waals surface area contributed by atoms with E-state index >= 15 is 0 Å². The first kappa shape index (κ1) is 22.1. The van der Waals surface area contributed by atoms with Gasteiger partial charge in [0.2, 0.25) is 5.91 Å². The summed E-state index contributed by atoms with van der Waals surface area (Å²) in [6.07, 6.45) is 8.02. The molecule has 0 radical (unpaired) electrons. The second kappa shape index (κ2) is 8.23. The summed E-state index contributed by atoms with van der Waals surface area (Å²) in [5.74, 6) is 0.952. The van der Waals surface area contributed by atoms with Gasteiger partial charge in [0.05, 0.1) is 18.3 Å².